The summed E-state index contributed by atoms with van der Waals surface area (Å²) in [6.45, 7) is 4.45. The Bertz CT molecular complexity index is 589. The molecular formula is C16H19NO. The van der Waals surface area contributed by atoms with Crippen molar-refractivity contribution in [3.05, 3.63) is 41.1 Å². The number of hydrogen-bond donors (Lipinski definition) is 1. The first-order valence-corrected chi connectivity index (χ1v) is 6.78. The number of aliphatic hydroxyl groups is 1. The number of hydrogen-bond acceptors (Lipinski definition) is 2. The average Bonchev–Trinajstić information content (AvgIpc) is 2.36. The lowest BCUT2D eigenvalue weighted by Gasteiger charge is -2.25. The Hall–Kier alpha value is -1.41. The van der Waals surface area contributed by atoms with Crippen molar-refractivity contribution in [3.63, 3.8) is 0 Å². The number of fused-ring (bicyclic) bond motifs is 2. The largest absolute Gasteiger partial charge is 0.387 e. The summed E-state index contributed by atoms with van der Waals surface area (Å²) < 4.78 is 0. The quantitative estimate of drug-likeness (QED) is 0.825. The van der Waals surface area contributed by atoms with Gasteiger partial charge in [-0.25, -0.2) is 4.98 Å². The van der Waals surface area contributed by atoms with Gasteiger partial charge in [-0.05, 0) is 42.4 Å². The molecule has 94 valence electrons. The number of nitrogens with zero attached hydrogens (tertiary/aromatic N) is 1. The van der Waals surface area contributed by atoms with Gasteiger partial charge < -0.3 is 5.11 Å². The number of aromatic nitrogens is 1. The fourth-order valence-corrected chi connectivity index (χ4v) is 3.10. The Morgan fingerprint density at radius 2 is 2.06 bits per heavy atom. The van der Waals surface area contributed by atoms with E-state index >= 15 is 0 Å². The minimum atomic E-state index is -0.379. The molecule has 0 amide bonds. The topological polar surface area (TPSA) is 33.1 Å². The van der Waals surface area contributed by atoms with Crippen LogP contribution >= 0.6 is 0 Å². The highest BCUT2D eigenvalue weighted by Gasteiger charge is 2.24. The van der Waals surface area contributed by atoms with Crippen molar-refractivity contribution in [1.82, 2.24) is 4.98 Å². The molecule has 0 bridgehead atoms. The third-order valence-corrected chi connectivity index (χ3v) is 3.87. The zero-order valence-electron chi connectivity index (χ0n) is 11.0. The van der Waals surface area contributed by atoms with Gasteiger partial charge in [-0.1, -0.05) is 32.0 Å². The van der Waals surface area contributed by atoms with Crippen molar-refractivity contribution in [2.45, 2.75) is 45.1 Å². The van der Waals surface area contributed by atoms with E-state index in [2.05, 4.69) is 31.0 Å². The Balaban J connectivity index is 2.38. The molecule has 1 unspecified atom stereocenters. The molecule has 1 heterocycles. The van der Waals surface area contributed by atoms with Crippen LogP contribution in [0.5, 0.6) is 0 Å². The predicted octanol–water partition coefficient (Wildman–Crippen LogP) is 3.73. The van der Waals surface area contributed by atoms with E-state index in [4.69, 9.17) is 0 Å². The van der Waals surface area contributed by atoms with Gasteiger partial charge in [0.1, 0.15) is 0 Å². The maximum atomic E-state index is 10.2. The van der Waals surface area contributed by atoms with Crippen LogP contribution < -0.4 is 0 Å². The second-order valence-electron chi connectivity index (χ2n) is 5.47. The van der Waals surface area contributed by atoms with Crippen LogP contribution in [0.25, 0.3) is 10.9 Å². The number of rotatable bonds is 1. The van der Waals surface area contributed by atoms with Gasteiger partial charge in [0, 0.05) is 5.39 Å². The normalized spacial score (nSPS) is 19.2. The van der Waals surface area contributed by atoms with Gasteiger partial charge in [0.15, 0.2) is 0 Å². The number of aliphatic hydroxyl groups excluding tert-OH is 1. The first kappa shape index (κ1) is 11.7. The smallest absolute Gasteiger partial charge is 0.0963 e. The summed E-state index contributed by atoms with van der Waals surface area (Å²) in [6, 6.07) is 8.28. The number of pyridine rings is 1. The molecular weight excluding hydrogens is 222 g/mol. The van der Waals surface area contributed by atoms with Gasteiger partial charge in [-0.3, -0.25) is 0 Å². The van der Waals surface area contributed by atoms with Crippen LogP contribution in [0.2, 0.25) is 0 Å². The van der Waals surface area contributed by atoms with E-state index in [1.165, 1.54) is 16.5 Å². The average molecular weight is 241 g/mol. The zero-order chi connectivity index (χ0) is 12.7. The predicted molar refractivity (Wildman–Crippen MR) is 73.7 cm³/mol. The molecule has 0 saturated carbocycles. The van der Waals surface area contributed by atoms with E-state index in [9.17, 15) is 5.11 Å². The molecule has 18 heavy (non-hydrogen) atoms. The van der Waals surface area contributed by atoms with Crippen LogP contribution in [0.4, 0.5) is 0 Å². The van der Waals surface area contributed by atoms with Gasteiger partial charge >= 0.3 is 0 Å². The van der Waals surface area contributed by atoms with Gasteiger partial charge in [-0.15, -0.1) is 0 Å². The molecule has 2 aromatic rings. The molecule has 2 nitrogen and oxygen atoms in total. The van der Waals surface area contributed by atoms with Crippen molar-refractivity contribution in [2.75, 3.05) is 0 Å². The van der Waals surface area contributed by atoms with Crippen LogP contribution in [-0.4, -0.2) is 10.1 Å². The van der Waals surface area contributed by atoms with Gasteiger partial charge in [0.05, 0.1) is 17.3 Å². The van der Waals surface area contributed by atoms with Crippen molar-refractivity contribution in [1.29, 1.82) is 0 Å². The molecule has 1 aliphatic rings. The van der Waals surface area contributed by atoms with Crippen molar-refractivity contribution < 1.29 is 5.11 Å². The van der Waals surface area contributed by atoms with Crippen LogP contribution in [0, 0.1) is 0 Å². The highest BCUT2D eigenvalue weighted by Crippen LogP contribution is 2.37. The Labute approximate surface area is 108 Å². The van der Waals surface area contributed by atoms with Crippen LogP contribution in [0.1, 0.15) is 55.5 Å². The van der Waals surface area contributed by atoms with E-state index in [1.54, 1.807) is 0 Å². The summed E-state index contributed by atoms with van der Waals surface area (Å²) in [4.78, 5) is 4.69. The van der Waals surface area contributed by atoms with Gasteiger partial charge in [-0.2, -0.15) is 0 Å². The Morgan fingerprint density at radius 1 is 1.28 bits per heavy atom. The lowest BCUT2D eigenvalue weighted by Crippen LogP contribution is -2.15. The van der Waals surface area contributed by atoms with Gasteiger partial charge in [0.25, 0.3) is 0 Å². The number of benzene rings is 1. The van der Waals surface area contributed by atoms with E-state index < -0.39 is 0 Å². The first-order valence-electron chi connectivity index (χ1n) is 6.78. The molecule has 1 N–H and O–H groups in total. The summed E-state index contributed by atoms with van der Waals surface area (Å²) in [5.41, 5.74) is 4.61. The van der Waals surface area contributed by atoms with Crippen molar-refractivity contribution in [2.24, 2.45) is 0 Å². The van der Waals surface area contributed by atoms with Crippen LogP contribution in [0.3, 0.4) is 0 Å². The fourth-order valence-electron chi connectivity index (χ4n) is 3.10. The molecule has 0 radical (unpaired) electrons. The van der Waals surface area contributed by atoms with Crippen molar-refractivity contribution in [3.8, 4) is 0 Å². The SMILES string of the molecule is CC(C)c1c2c(nc3ccccc13)C(O)CCC2. The maximum Gasteiger partial charge on any atom is 0.0963 e. The summed E-state index contributed by atoms with van der Waals surface area (Å²) in [6.07, 6.45) is 2.58. The summed E-state index contributed by atoms with van der Waals surface area (Å²) in [5, 5.41) is 11.4. The van der Waals surface area contributed by atoms with E-state index in [-0.39, 0.29) is 6.10 Å². The highest BCUT2D eigenvalue weighted by molar-refractivity contribution is 5.84. The fraction of sp³-hybridized carbons (Fsp3) is 0.438. The first-order chi connectivity index (χ1) is 8.68. The molecule has 1 atom stereocenters. The minimum Gasteiger partial charge on any atom is -0.387 e. The maximum absolute atomic E-state index is 10.2. The number of para-hydroxylation sites is 1. The Morgan fingerprint density at radius 3 is 2.83 bits per heavy atom. The lowest BCUT2D eigenvalue weighted by molar-refractivity contribution is 0.151. The molecule has 0 aliphatic heterocycles. The van der Waals surface area contributed by atoms with Crippen LogP contribution in [-0.2, 0) is 6.42 Å². The van der Waals surface area contributed by atoms with E-state index in [0.29, 0.717) is 5.92 Å². The third-order valence-electron chi connectivity index (χ3n) is 3.87. The van der Waals surface area contributed by atoms with Crippen LogP contribution in [0.15, 0.2) is 24.3 Å². The molecule has 1 aromatic heterocycles. The monoisotopic (exact) mass is 241 g/mol. The highest BCUT2D eigenvalue weighted by atomic mass is 16.3. The summed E-state index contributed by atoms with van der Waals surface area (Å²) in [5.74, 6) is 0.469. The minimum absolute atomic E-state index is 0.379. The van der Waals surface area contributed by atoms with E-state index in [0.717, 1.165) is 30.5 Å². The second kappa shape index (κ2) is 4.36. The summed E-state index contributed by atoms with van der Waals surface area (Å²) >= 11 is 0. The second-order valence-corrected chi connectivity index (χ2v) is 5.47. The molecule has 2 heteroatoms. The summed E-state index contributed by atoms with van der Waals surface area (Å²) in [7, 11) is 0. The van der Waals surface area contributed by atoms with Gasteiger partial charge in [0.2, 0.25) is 0 Å². The lowest BCUT2D eigenvalue weighted by atomic mass is 9.84. The Kier molecular flexibility index (Phi) is 2.83. The standard InChI is InChI=1S/C16H19NO/c1-10(2)15-11-6-3-4-8-13(11)17-16-12(15)7-5-9-14(16)18/h3-4,6,8,10,14,18H,5,7,9H2,1-2H3. The van der Waals surface area contributed by atoms with Crippen molar-refractivity contribution >= 4 is 10.9 Å². The molecule has 1 aromatic carbocycles. The molecule has 3 rings (SSSR count). The van der Waals surface area contributed by atoms with E-state index in [1.807, 2.05) is 12.1 Å². The molecule has 0 spiro atoms. The molecule has 0 fully saturated rings. The molecule has 1 aliphatic carbocycles. The zero-order valence-corrected chi connectivity index (χ0v) is 11.0. The molecule has 0 saturated heterocycles. The third kappa shape index (κ3) is 1.72.